The van der Waals surface area contributed by atoms with Crippen molar-refractivity contribution in [1.29, 1.82) is 0 Å². The van der Waals surface area contributed by atoms with Crippen LogP contribution in [0, 0.1) is 0 Å². The lowest BCUT2D eigenvalue weighted by atomic mass is 10.0. The summed E-state index contributed by atoms with van der Waals surface area (Å²) in [5.74, 6) is -0.471. The van der Waals surface area contributed by atoms with E-state index in [1.807, 2.05) is 44.2 Å². The number of furan rings is 1. The maximum Gasteiger partial charge on any atom is 0.290 e. The molecule has 4 rings (SSSR count). The summed E-state index contributed by atoms with van der Waals surface area (Å²) in [4.78, 5) is 42.3. The number of carbonyl (C=O) groups is 3. The number of hydrogen-bond donors (Lipinski definition) is 0. The molecule has 1 saturated heterocycles. The number of amides is 3. The van der Waals surface area contributed by atoms with Crippen molar-refractivity contribution in [2.45, 2.75) is 32.4 Å². The minimum atomic E-state index is -0.943. The van der Waals surface area contributed by atoms with E-state index in [0.717, 1.165) is 10.5 Å². The van der Waals surface area contributed by atoms with Gasteiger partial charge in [-0.1, -0.05) is 30.3 Å². The van der Waals surface area contributed by atoms with E-state index in [1.165, 1.54) is 11.2 Å². The molecule has 0 radical (unpaired) electrons. The fourth-order valence-corrected chi connectivity index (χ4v) is 3.97. The summed E-state index contributed by atoms with van der Waals surface area (Å²) in [5, 5.41) is 0. The van der Waals surface area contributed by atoms with E-state index in [2.05, 4.69) is 0 Å². The molecule has 1 aliphatic heterocycles. The number of ether oxygens (including phenoxy) is 1. The van der Waals surface area contributed by atoms with Crippen LogP contribution in [0.2, 0.25) is 0 Å². The predicted molar refractivity (Wildman–Crippen MR) is 118 cm³/mol. The molecule has 0 aliphatic carbocycles. The highest BCUT2D eigenvalue weighted by atomic mass is 16.5. The third-order valence-electron chi connectivity index (χ3n) is 5.53. The number of hydrogen-bond acceptors (Lipinski definition) is 5. The number of imide groups is 1. The van der Waals surface area contributed by atoms with E-state index in [9.17, 15) is 14.4 Å². The van der Waals surface area contributed by atoms with Gasteiger partial charge in [0.25, 0.3) is 11.8 Å². The quantitative estimate of drug-likeness (QED) is 0.523. The Morgan fingerprint density at radius 3 is 2.44 bits per heavy atom. The van der Waals surface area contributed by atoms with Crippen LogP contribution in [-0.2, 0) is 9.59 Å². The minimum absolute atomic E-state index is 0.102. The van der Waals surface area contributed by atoms with Gasteiger partial charge in [-0.15, -0.1) is 0 Å². The zero-order valence-corrected chi connectivity index (χ0v) is 17.9. The molecule has 0 N–H and O–H groups in total. The molecule has 2 aromatic carbocycles. The smallest absolute Gasteiger partial charge is 0.290 e. The van der Waals surface area contributed by atoms with Gasteiger partial charge in [0, 0.05) is 0 Å². The SMILES string of the molecule is CCOc1ccc(N2C(=O)CC(N(C(=O)c3ccco3)C(C)c3ccccc3)C2=O)cc1. The van der Waals surface area contributed by atoms with Gasteiger partial charge >= 0.3 is 0 Å². The van der Waals surface area contributed by atoms with Crippen LogP contribution in [0.4, 0.5) is 5.69 Å². The van der Waals surface area contributed by atoms with Crippen LogP contribution in [0.1, 0.15) is 42.4 Å². The largest absolute Gasteiger partial charge is 0.494 e. The van der Waals surface area contributed by atoms with Crippen LogP contribution >= 0.6 is 0 Å². The number of anilines is 1. The van der Waals surface area contributed by atoms with Gasteiger partial charge in [-0.2, -0.15) is 0 Å². The molecule has 164 valence electrons. The number of nitrogens with zero attached hydrogens (tertiary/aromatic N) is 2. The van der Waals surface area contributed by atoms with E-state index < -0.39 is 23.9 Å². The lowest BCUT2D eigenvalue weighted by Gasteiger charge is -2.33. The van der Waals surface area contributed by atoms with Crippen molar-refractivity contribution in [3.63, 3.8) is 0 Å². The van der Waals surface area contributed by atoms with Crippen molar-refractivity contribution in [3.8, 4) is 5.75 Å². The number of rotatable bonds is 7. The van der Waals surface area contributed by atoms with Crippen LogP contribution in [0.5, 0.6) is 5.75 Å². The lowest BCUT2D eigenvalue weighted by Crippen LogP contribution is -2.46. The Labute approximate surface area is 186 Å². The average molecular weight is 432 g/mol. The topological polar surface area (TPSA) is 80.1 Å². The van der Waals surface area contributed by atoms with Gasteiger partial charge in [0.15, 0.2) is 5.76 Å². The zero-order chi connectivity index (χ0) is 22.7. The second kappa shape index (κ2) is 9.09. The van der Waals surface area contributed by atoms with E-state index >= 15 is 0 Å². The Morgan fingerprint density at radius 1 is 1.09 bits per heavy atom. The molecule has 2 atom stereocenters. The molecule has 1 fully saturated rings. The molecule has 0 spiro atoms. The van der Waals surface area contributed by atoms with Gasteiger partial charge in [-0.25, -0.2) is 4.90 Å². The molecular formula is C25H24N2O5. The summed E-state index contributed by atoms with van der Waals surface area (Å²) in [6.07, 6.45) is 1.31. The highest BCUT2D eigenvalue weighted by Gasteiger charge is 2.46. The van der Waals surface area contributed by atoms with Gasteiger partial charge in [-0.3, -0.25) is 14.4 Å². The molecule has 2 unspecified atom stereocenters. The first kappa shape index (κ1) is 21.4. The maximum absolute atomic E-state index is 13.4. The lowest BCUT2D eigenvalue weighted by molar-refractivity contribution is -0.123. The summed E-state index contributed by atoms with van der Waals surface area (Å²) in [5.41, 5.74) is 1.30. The summed E-state index contributed by atoms with van der Waals surface area (Å²) >= 11 is 0. The summed E-state index contributed by atoms with van der Waals surface area (Å²) < 4.78 is 10.8. The van der Waals surface area contributed by atoms with Crippen LogP contribution < -0.4 is 9.64 Å². The first-order valence-electron chi connectivity index (χ1n) is 10.5. The van der Waals surface area contributed by atoms with Gasteiger partial charge in [0.1, 0.15) is 11.8 Å². The standard InChI is InChI=1S/C25H24N2O5/c1-3-31-20-13-11-19(12-14-20)27-23(28)16-21(24(27)29)26(25(30)22-10-7-15-32-22)17(2)18-8-5-4-6-9-18/h4-15,17,21H,3,16H2,1-2H3. The molecule has 7 nitrogen and oxygen atoms in total. The Bertz CT molecular complexity index is 1090. The third-order valence-corrected chi connectivity index (χ3v) is 5.53. The van der Waals surface area contributed by atoms with Gasteiger partial charge in [-0.05, 0) is 55.8 Å². The van der Waals surface area contributed by atoms with E-state index in [0.29, 0.717) is 18.0 Å². The van der Waals surface area contributed by atoms with Crippen molar-refractivity contribution in [2.24, 2.45) is 0 Å². The number of carbonyl (C=O) groups excluding carboxylic acids is 3. The molecule has 3 aromatic rings. The van der Waals surface area contributed by atoms with E-state index in [1.54, 1.807) is 36.4 Å². The van der Waals surface area contributed by atoms with Crippen molar-refractivity contribution in [1.82, 2.24) is 4.90 Å². The van der Waals surface area contributed by atoms with Gasteiger partial charge < -0.3 is 14.1 Å². The molecule has 3 amide bonds. The molecule has 32 heavy (non-hydrogen) atoms. The first-order valence-corrected chi connectivity index (χ1v) is 10.5. The predicted octanol–water partition coefficient (Wildman–Crippen LogP) is 4.21. The Balaban J connectivity index is 1.67. The fraction of sp³-hybridized carbons (Fsp3) is 0.240. The van der Waals surface area contributed by atoms with Gasteiger partial charge in [0.05, 0.1) is 31.0 Å². The molecule has 0 bridgehead atoms. The second-order valence-corrected chi connectivity index (χ2v) is 7.49. The summed E-state index contributed by atoms with van der Waals surface area (Å²) in [7, 11) is 0. The molecule has 0 saturated carbocycles. The fourth-order valence-electron chi connectivity index (χ4n) is 3.97. The normalized spacial score (nSPS) is 16.8. The van der Waals surface area contributed by atoms with E-state index in [4.69, 9.17) is 9.15 Å². The van der Waals surface area contributed by atoms with Crippen molar-refractivity contribution >= 4 is 23.4 Å². The Morgan fingerprint density at radius 2 is 1.81 bits per heavy atom. The van der Waals surface area contributed by atoms with Crippen LogP contribution in [-0.4, -0.2) is 35.3 Å². The average Bonchev–Trinajstić information content (AvgIpc) is 3.44. The zero-order valence-electron chi connectivity index (χ0n) is 17.9. The third kappa shape index (κ3) is 4.01. The van der Waals surface area contributed by atoms with Crippen LogP contribution in [0.15, 0.2) is 77.4 Å². The summed E-state index contributed by atoms with van der Waals surface area (Å²) in [6, 6.07) is 17.9. The molecule has 7 heteroatoms. The van der Waals surface area contributed by atoms with Crippen molar-refractivity contribution in [2.75, 3.05) is 11.5 Å². The first-order chi connectivity index (χ1) is 15.5. The van der Waals surface area contributed by atoms with E-state index in [-0.39, 0.29) is 18.1 Å². The Kier molecular flexibility index (Phi) is 6.07. The Hall–Kier alpha value is -3.87. The van der Waals surface area contributed by atoms with Crippen molar-refractivity contribution < 1.29 is 23.5 Å². The molecular weight excluding hydrogens is 408 g/mol. The number of benzene rings is 2. The maximum atomic E-state index is 13.4. The van der Waals surface area contributed by atoms with Crippen LogP contribution in [0.3, 0.4) is 0 Å². The van der Waals surface area contributed by atoms with Crippen LogP contribution in [0.25, 0.3) is 0 Å². The molecule has 1 aliphatic rings. The van der Waals surface area contributed by atoms with Gasteiger partial charge in [0.2, 0.25) is 5.91 Å². The minimum Gasteiger partial charge on any atom is -0.494 e. The molecule has 2 heterocycles. The molecule has 1 aromatic heterocycles. The second-order valence-electron chi connectivity index (χ2n) is 7.49. The monoisotopic (exact) mass is 432 g/mol. The highest BCUT2D eigenvalue weighted by molar-refractivity contribution is 6.23. The van der Waals surface area contributed by atoms with Crippen molar-refractivity contribution in [3.05, 3.63) is 84.3 Å². The highest BCUT2D eigenvalue weighted by Crippen LogP contribution is 2.33. The summed E-state index contributed by atoms with van der Waals surface area (Å²) in [6.45, 7) is 4.24.